The van der Waals surface area contributed by atoms with Crippen LogP contribution >= 0.6 is 0 Å². The molecule has 0 aliphatic rings. The van der Waals surface area contributed by atoms with E-state index in [-0.39, 0.29) is 0 Å². The fraction of sp³-hybridized carbons (Fsp3) is 0.158. The van der Waals surface area contributed by atoms with Crippen molar-refractivity contribution in [1.82, 2.24) is 9.88 Å². The number of para-hydroxylation sites is 1. The zero-order valence-corrected chi connectivity index (χ0v) is 13.2. The summed E-state index contributed by atoms with van der Waals surface area (Å²) in [6.07, 6.45) is 1.62. The van der Waals surface area contributed by atoms with Crippen molar-refractivity contribution in [2.24, 2.45) is 0 Å². The number of benzene rings is 2. The number of anilines is 2. The molecule has 114 valence electrons. The minimum Gasteiger partial charge on any atom is -0.354 e. The Balaban J connectivity index is 1.96. The van der Waals surface area contributed by atoms with Crippen molar-refractivity contribution in [1.29, 1.82) is 5.26 Å². The lowest BCUT2D eigenvalue weighted by Gasteiger charge is -2.13. The molecule has 0 aliphatic carbocycles. The van der Waals surface area contributed by atoms with Crippen LogP contribution in [-0.2, 0) is 6.54 Å². The molecule has 1 N–H and O–H groups in total. The highest BCUT2D eigenvalue weighted by Gasteiger charge is 2.08. The van der Waals surface area contributed by atoms with Gasteiger partial charge in [0.2, 0.25) is 0 Å². The predicted molar refractivity (Wildman–Crippen MR) is 93.6 cm³/mol. The molecule has 0 amide bonds. The van der Waals surface area contributed by atoms with Crippen molar-refractivity contribution in [3.05, 3.63) is 65.9 Å². The molecule has 23 heavy (non-hydrogen) atoms. The largest absolute Gasteiger partial charge is 0.354 e. The van der Waals surface area contributed by atoms with Gasteiger partial charge in [0.1, 0.15) is 6.07 Å². The van der Waals surface area contributed by atoms with Gasteiger partial charge in [-0.3, -0.25) is 4.98 Å². The number of nitrogens with zero attached hydrogens (tertiary/aromatic N) is 3. The molecule has 0 fully saturated rings. The maximum absolute atomic E-state index is 9.36. The van der Waals surface area contributed by atoms with Crippen molar-refractivity contribution in [3.8, 4) is 6.07 Å². The number of aromatic nitrogens is 1. The van der Waals surface area contributed by atoms with Gasteiger partial charge in [-0.05, 0) is 37.9 Å². The van der Waals surface area contributed by atoms with Gasteiger partial charge in [0.15, 0.2) is 0 Å². The summed E-state index contributed by atoms with van der Waals surface area (Å²) in [5.41, 5.74) is 4.43. The van der Waals surface area contributed by atoms with Crippen molar-refractivity contribution in [2.75, 3.05) is 19.4 Å². The first kappa shape index (κ1) is 15.0. The van der Waals surface area contributed by atoms with Crippen LogP contribution in [0.5, 0.6) is 0 Å². The van der Waals surface area contributed by atoms with E-state index in [2.05, 4.69) is 47.5 Å². The number of fused-ring (bicyclic) bond motifs is 1. The molecular weight excluding hydrogens is 284 g/mol. The first-order valence-corrected chi connectivity index (χ1v) is 7.46. The minimum absolute atomic E-state index is 0.543. The van der Waals surface area contributed by atoms with Gasteiger partial charge in [-0.1, -0.05) is 30.3 Å². The summed E-state index contributed by atoms with van der Waals surface area (Å²) in [4.78, 5) is 6.46. The Morgan fingerprint density at radius 2 is 1.83 bits per heavy atom. The van der Waals surface area contributed by atoms with Gasteiger partial charge in [-0.15, -0.1) is 0 Å². The molecule has 4 nitrogen and oxygen atoms in total. The summed E-state index contributed by atoms with van der Waals surface area (Å²) in [6, 6.07) is 18.3. The number of nitrogens with one attached hydrogen (secondary N) is 1. The third-order valence-electron chi connectivity index (χ3n) is 3.62. The van der Waals surface area contributed by atoms with E-state index >= 15 is 0 Å². The molecule has 0 atom stereocenters. The Kier molecular flexibility index (Phi) is 4.22. The quantitative estimate of drug-likeness (QED) is 0.794. The van der Waals surface area contributed by atoms with Gasteiger partial charge in [0.25, 0.3) is 0 Å². The summed E-state index contributed by atoms with van der Waals surface area (Å²) < 4.78 is 0. The minimum atomic E-state index is 0.543. The van der Waals surface area contributed by atoms with Crippen LogP contribution in [-0.4, -0.2) is 24.0 Å². The molecular formula is C19H18N4. The van der Waals surface area contributed by atoms with Crippen LogP contribution < -0.4 is 5.32 Å². The number of hydrogen-bond donors (Lipinski definition) is 1. The van der Waals surface area contributed by atoms with Gasteiger partial charge >= 0.3 is 0 Å². The van der Waals surface area contributed by atoms with Gasteiger partial charge in [-0.2, -0.15) is 5.26 Å². The number of rotatable bonds is 4. The maximum atomic E-state index is 9.36. The normalized spacial score (nSPS) is 10.7. The van der Waals surface area contributed by atoms with Crippen LogP contribution in [0, 0.1) is 11.3 Å². The van der Waals surface area contributed by atoms with E-state index in [1.165, 1.54) is 5.56 Å². The lowest BCUT2D eigenvalue weighted by atomic mass is 10.1. The van der Waals surface area contributed by atoms with Crippen LogP contribution in [0.1, 0.15) is 11.1 Å². The highest BCUT2D eigenvalue weighted by molar-refractivity contribution is 5.95. The molecule has 1 aromatic heterocycles. The van der Waals surface area contributed by atoms with E-state index in [1.54, 1.807) is 6.20 Å². The van der Waals surface area contributed by atoms with E-state index in [1.807, 2.05) is 36.4 Å². The molecule has 0 unspecified atom stereocenters. The first-order chi connectivity index (χ1) is 11.2. The lowest BCUT2D eigenvalue weighted by molar-refractivity contribution is 0.402. The number of hydrogen-bond acceptors (Lipinski definition) is 4. The molecule has 0 bridgehead atoms. The molecule has 3 aromatic rings. The molecule has 0 saturated heterocycles. The Morgan fingerprint density at radius 1 is 1.09 bits per heavy atom. The second-order valence-corrected chi connectivity index (χ2v) is 5.74. The van der Waals surface area contributed by atoms with Crippen molar-refractivity contribution >= 4 is 22.3 Å². The second kappa shape index (κ2) is 6.47. The Hall–Kier alpha value is -2.90. The SMILES string of the molecule is CN(C)Cc1ccc(Nc2c(C#N)cnc3ccccc23)cc1. The lowest BCUT2D eigenvalue weighted by Crippen LogP contribution is -2.10. The van der Waals surface area contributed by atoms with Crippen LogP contribution in [0.2, 0.25) is 0 Å². The van der Waals surface area contributed by atoms with Crippen LogP contribution in [0.25, 0.3) is 10.9 Å². The van der Waals surface area contributed by atoms with E-state index in [0.29, 0.717) is 5.56 Å². The van der Waals surface area contributed by atoms with Crippen LogP contribution in [0.4, 0.5) is 11.4 Å². The average Bonchev–Trinajstić information content (AvgIpc) is 2.56. The predicted octanol–water partition coefficient (Wildman–Crippen LogP) is 3.91. The average molecular weight is 302 g/mol. The third kappa shape index (κ3) is 3.31. The highest BCUT2D eigenvalue weighted by atomic mass is 15.0. The van der Waals surface area contributed by atoms with E-state index in [0.717, 1.165) is 28.8 Å². The number of pyridine rings is 1. The zero-order chi connectivity index (χ0) is 16.2. The Morgan fingerprint density at radius 3 is 2.52 bits per heavy atom. The maximum Gasteiger partial charge on any atom is 0.103 e. The molecule has 0 aliphatic heterocycles. The monoisotopic (exact) mass is 302 g/mol. The Labute approximate surface area is 136 Å². The zero-order valence-electron chi connectivity index (χ0n) is 13.2. The smallest absolute Gasteiger partial charge is 0.103 e. The molecule has 2 aromatic carbocycles. The Bertz CT molecular complexity index is 861. The second-order valence-electron chi connectivity index (χ2n) is 5.74. The van der Waals surface area contributed by atoms with Crippen molar-refractivity contribution < 1.29 is 0 Å². The highest BCUT2D eigenvalue weighted by Crippen LogP contribution is 2.28. The molecule has 0 spiro atoms. The van der Waals surface area contributed by atoms with Gasteiger partial charge < -0.3 is 10.2 Å². The topological polar surface area (TPSA) is 52.0 Å². The summed E-state index contributed by atoms with van der Waals surface area (Å²) in [5, 5.41) is 13.7. The standard InChI is InChI=1S/C19H18N4/c1-23(2)13-14-7-9-16(10-8-14)22-19-15(11-20)12-21-18-6-4-3-5-17(18)19/h3-10,12H,13H2,1-2H3,(H,21,22). The summed E-state index contributed by atoms with van der Waals surface area (Å²) in [7, 11) is 4.10. The molecule has 4 heteroatoms. The summed E-state index contributed by atoms with van der Waals surface area (Å²) in [6.45, 7) is 0.905. The van der Waals surface area contributed by atoms with Gasteiger partial charge in [-0.25, -0.2) is 0 Å². The summed E-state index contributed by atoms with van der Waals surface area (Å²) in [5.74, 6) is 0. The first-order valence-electron chi connectivity index (χ1n) is 7.46. The molecule has 1 heterocycles. The van der Waals surface area contributed by atoms with Crippen LogP contribution in [0.3, 0.4) is 0 Å². The fourth-order valence-corrected chi connectivity index (χ4v) is 2.56. The van der Waals surface area contributed by atoms with Crippen LogP contribution in [0.15, 0.2) is 54.7 Å². The number of nitriles is 1. The fourth-order valence-electron chi connectivity index (χ4n) is 2.56. The molecule has 3 rings (SSSR count). The van der Waals surface area contributed by atoms with E-state index in [9.17, 15) is 5.26 Å². The molecule has 0 saturated carbocycles. The van der Waals surface area contributed by atoms with Gasteiger partial charge in [0, 0.05) is 23.8 Å². The third-order valence-corrected chi connectivity index (χ3v) is 3.62. The van der Waals surface area contributed by atoms with Crippen molar-refractivity contribution in [3.63, 3.8) is 0 Å². The van der Waals surface area contributed by atoms with E-state index in [4.69, 9.17) is 0 Å². The molecule has 0 radical (unpaired) electrons. The summed E-state index contributed by atoms with van der Waals surface area (Å²) >= 11 is 0. The van der Waals surface area contributed by atoms with E-state index < -0.39 is 0 Å². The van der Waals surface area contributed by atoms with Crippen molar-refractivity contribution in [2.45, 2.75) is 6.54 Å². The van der Waals surface area contributed by atoms with Gasteiger partial charge in [0.05, 0.1) is 16.8 Å².